The molecule has 0 bridgehead atoms. The topological polar surface area (TPSA) is 93.5 Å². The number of halogens is 4. The van der Waals surface area contributed by atoms with Gasteiger partial charge in [0.05, 0.1) is 18.3 Å². The van der Waals surface area contributed by atoms with Crippen LogP contribution in [0.3, 0.4) is 0 Å². The van der Waals surface area contributed by atoms with Crippen LogP contribution in [0.1, 0.15) is 12.8 Å². The lowest BCUT2D eigenvalue weighted by molar-refractivity contribution is -0.126. The molecule has 0 aliphatic carbocycles. The Labute approximate surface area is 148 Å². The second-order valence-corrected chi connectivity index (χ2v) is 5.46. The first kappa shape index (κ1) is 21.2. The van der Waals surface area contributed by atoms with E-state index in [0.717, 1.165) is 6.07 Å². The molecule has 2 amide bonds. The molecular weight excluding hydrogens is 363 g/mol. The number of nitrogens with one attached hydrogen (secondary N) is 2. The summed E-state index contributed by atoms with van der Waals surface area (Å²) < 4.78 is 44.5. The molecule has 1 unspecified atom stereocenters. The number of carbonyl (C=O) groups excluding carboxylic acids is 2. The zero-order chi connectivity index (χ0) is 17.7. The first-order chi connectivity index (χ1) is 11.4. The molecule has 0 saturated carbocycles. The van der Waals surface area contributed by atoms with E-state index in [-0.39, 0.29) is 18.3 Å². The van der Waals surface area contributed by atoms with Gasteiger partial charge in [-0.15, -0.1) is 12.4 Å². The molecule has 6 nitrogen and oxygen atoms in total. The highest BCUT2D eigenvalue weighted by molar-refractivity contribution is 5.95. The SMILES string of the molecule is Cl.NC(C(=O)NCC(=O)Nc1ccc(F)c(F)c1F)C1CCOCC1. The molecule has 1 saturated heterocycles. The summed E-state index contributed by atoms with van der Waals surface area (Å²) in [4.78, 5) is 23.6. The Balaban J connectivity index is 0.00000312. The van der Waals surface area contributed by atoms with Crippen LogP contribution in [-0.4, -0.2) is 37.6 Å². The Bertz CT molecular complexity index is 628. The summed E-state index contributed by atoms with van der Waals surface area (Å²) in [6.07, 6.45) is 1.31. The molecule has 2 rings (SSSR count). The largest absolute Gasteiger partial charge is 0.381 e. The molecule has 1 heterocycles. The molecule has 0 spiro atoms. The van der Waals surface area contributed by atoms with Gasteiger partial charge in [0.1, 0.15) is 0 Å². The van der Waals surface area contributed by atoms with E-state index in [1.54, 1.807) is 0 Å². The molecule has 1 fully saturated rings. The fourth-order valence-electron chi connectivity index (χ4n) is 2.39. The second kappa shape index (κ2) is 9.59. The van der Waals surface area contributed by atoms with E-state index in [1.807, 2.05) is 0 Å². The number of ether oxygens (including phenoxy) is 1. The number of anilines is 1. The second-order valence-electron chi connectivity index (χ2n) is 5.46. The van der Waals surface area contributed by atoms with Crippen molar-refractivity contribution in [3.63, 3.8) is 0 Å². The van der Waals surface area contributed by atoms with Crippen molar-refractivity contribution >= 4 is 29.9 Å². The predicted molar refractivity (Wildman–Crippen MR) is 86.7 cm³/mol. The fraction of sp³-hybridized carbons (Fsp3) is 0.467. The fourth-order valence-corrected chi connectivity index (χ4v) is 2.39. The number of rotatable bonds is 5. The maximum Gasteiger partial charge on any atom is 0.243 e. The summed E-state index contributed by atoms with van der Waals surface area (Å²) in [6.45, 7) is 0.595. The van der Waals surface area contributed by atoms with Crippen molar-refractivity contribution in [1.29, 1.82) is 0 Å². The van der Waals surface area contributed by atoms with E-state index in [4.69, 9.17) is 10.5 Å². The third-order valence-electron chi connectivity index (χ3n) is 3.81. The van der Waals surface area contributed by atoms with E-state index >= 15 is 0 Å². The average molecular weight is 382 g/mol. The highest BCUT2D eigenvalue weighted by Gasteiger charge is 2.26. The zero-order valence-corrected chi connectivity index (χ0v) is 14.0. The molecular formula is C15H19ClF3N3O3. The van der Waals surface area contributed by atoms with Crippen LogP contribution in [0.4, 0.5) is 18.9 Å². The van der Waals surface area contributed by atoms with Crippen molar-refractivity contribution in [3.8, 4) is 0 Å². The van der Waals surface area contributed by atoms with E-state index in [2.05, 4.69) is 10.6 Å². The van der Waals surface area contributed by atoms with Crippen molar-refractivity contribution < 1.29 is 27.5 Å². The van der Waals surface area contributed by atoms with Crippen LogP contribution in [0.15, 0.2) is 12.1 Å². The smallest absolute Gasteiger partial charge is 0.243 e. The number of amides is 2. The summed E-state index contributed by atoms with van der Waals surface area (Å²) >= 11 is 0. The van der Waals surface area contributed by atoms with E-state index in [9.17, 15) is 22.8 Å². The van der Waals surface area contributed by atoms with Gasteiger partial charge < -0.3 is 21.1 Å². The van der Waals surface area contributed by atoms with Gasteiger partial charge in [0.15, 0.2) is 17.5 Å². The van der Waals surface area contributed by atoms with Gasteiger partial charge in [0, 0.05) is 13.2 Å². The van der Waals surface area contributed by atoms with E-state index < -0.39 is 47.5 Å². The van der Waals surface area contributed by atoms with Crippen molar-refractivity contribution in [2.24, 2.45) is 11.7 Å². The van der Waals surface area contributed by atoms with E-state index in [0.29, 0.717) is 32.1 Å². The van der Waals surface area contributed by atoms with Crippen LogP contribution in [0.5, 0.6) is 0 Å². The van der Waals surface area contributed by atoms with Gasteiger partial charge in [-0.3, -0.25) is 9.59 Å². The molecule has 4 N–H and O–H groups in total. The third kappa shape index (κ3) is 5.58. The predicted octanol–water partition coefficient (Wildman–Crippen LogP) is 1.33. The molecule has 1 aliphatic heterocycles. The Morgan fingerprint density at radius 1 is 1.20 bits per heavy atom. The average Bonchev–Trinajstić information content (AvgIpc) is 2.60. The summed E-state index contributed by atoms with van der Waals surface area (Å²) in [5.41, 5.74) is 5.33. The lowest BCUT2D eigenvalue weighted by atomic mass is 9.92. The first-order valence-electron chi connectivity index (χ1n) is 7.44. The van der Waals surface area contributed by atoms with Gasteiger partial charge in [0.25, 0.3) is 0 Å². The molecule has 1 aliphatic rings. The van der Waals surface area contributed by atoms with Gasteiger partial charge in [0.2, 0.25) is 11.8 Å². The summed E-state index contributed by atoms with van der Waals surface area (Å²) in [5, 5.41) is 4.39. The molecule has 0 aromatic heterocycles. The van der Waals surface area contributed by atoms with Crippen LogP contribution < -0.4 is 16.4 Å². The highest BCUT2D eigenvalue weighted by atomic mass is 35.5. The van der Waals surface area contributed by atoms with Crippen LogP contribution in [0.25, 0.3) is 0 Å². The third-order valence-corrected chi connectivity index (χ3v) is 3.81. The van der Waals surface area contributed by atoms with Crippen LogP contribution in [0.2, 0.25) is 0 Å². The maximum atomic E-state index is 13.4. The molecule has 10 heteroatoms. The first-order valence-corrected chi connectivity index (χ1v) is 7.44. The lowest BCUT2D eigenvalue weighted by Gasteiger charge is -2.26. The van der Waals surface area contributed by atoms with E-state index in [1.165, 1.54) is 0 Å². The summed E-state index contributed by atoms with van der Waals surface area (Å²) in [5.74, 6) is -5.88. The minimum absolute atomic E-state index is 0. The lowest BCUT2D eigenvalue weighted by Crippen LogP contribution is -2.48. The Morgan fingerprint density at radius 2 is 1.84 bits per heavy atom. The number of nitrogens with two attached hydrogens (primary N) is 1. The van der Waals surface area contributed by atoms with Gasteiger partial charge in [-0.05, 0) is 30.9 Å². The number of hydrogen-bond donors (Lipinski definition) is 3. The minimum atomic E-state index is -1.68. The van der Waals surface area contributed by atoms with Crippen LogP contribution in [-0.2, 0) is 14.3 Å². The van der Waals surface area contributed by atoms with Gasteiger partial charge in [-0.25, -0.2) is 13.2 Å². The molecule has 1 aromatic carbocycles. The minimum Gasteiger partial charge on any atom is -0.381 e. The Morgan fingerprint density at radius 3 is 2.48 bits per heavy atom. The quantitative estimate of drug-likeness (QED) is 0.671. The highest BCUT2D eigenvalue weighted by Crippen LogP contribution is 2.19. The normalized spacial score (nSPS) is 15.8. The Kier molecular flexibility index (Phi) is 8.14. The number of hydrogen-bond acceptors (Lipinski definition) is 4. The molecule has 0 radical (unpaired) electrons. The van der Waals surface area contributed by atoms with Crippen molar-refractivity contribution in [2.45, 2.75) is 18.9 Å². The molecule has 25 heavy (non-hydrogen) atoms. The number of benzene rings is 1. The maximum absolute atomic E-state index is 13.4. The number of carbonyl (C=O) groups is 2. The van der Waals surface area contributed by atoms with Gasteiger partial charge in [-0.1, -0.05) is 0 Å². The van der Waals surface area contributed by atoms with Crippen molar-refractivity contribution in [1.82, 2.24) is 5.32 Å². The van der Waals surface area contributed by atoms with Crippen LogP contribution >= 0.6 is 12.4 Å². The zero-order valence-electron chi connectivity index (χ0n) is 13.2. The molecule has 1 atom stereocenters. The molecule has 140 valence electrons. The Hall–Kier alpha value is -1.84. The standard InChI is InChI=1S/C15H18F3N3O3.ClH/c16-9-1-2-10(13(18)12(9)17)21-11(22)7-20-15(23)14(19)8-3-5-24-6-4-8;/h1-2,8,14H,3-7,19H2,(H,20,23)(H,21,22);1H. The van der Waals surface area contributed by atoms with Gasteiger partial charge >= 0.3 is 0 Å². The summed E-state index contributed by atoms with van der Waals surface area (Å²) in [6, 6.07) is 0.802. The van der Waals surface area contributed by atoms with Crippen molar-refractivity contribution in [3.05, 3.63) is 29.6 Å². The molecule has 1 aromatic rings. The van der Waals surface area contributed by atoms with Gasteiger partial charge in [-0.2, -0.15) is 0 Å². The van der Waals surface area contributed by atoms with Crippen molar-refractivity contribution in [2.75, 3.05) is 25.1 Å². The van der Waals surface area contributed by atoms with Crippen LogP contribution in [0, 0.1) is 23.4 Å². The summed E-state index contributed by atoms with van der Waals surface area (Å²) in [7, 11) is 0. The monoisotopic (exact) mass is 381 g/mol.